The number of ether oxygens (including phenoxy) is 2. The highest BCUT2D eigenvalue weighted by Crippen LogP contribution is 2.62. The number of carbonyl (C=O) groups excluding carboxylic acids is 1. The normalized spacial score (nSPS) is 36.0. The van der Waals surface area contributed by atoms with Crippen LogP contribution in [-0.2, 0) is 32.6 Å². The lowest BCUT2D eigenvalue weighted by Crippen LogP contribution is -2.54. The van der Waals surface area contributed by atoms with E-state index in [1.165, 1.54) is 30.4 Å². The maximum absolute atomic E-state index is 14.2. The summed E-state index contributed by atoms with van der Waals surface area (Å²) in [4.78, 5) is 21.0. The van der Waals surface area contributed by atoms with Gasteiger partial charge in [0.2, 0.25) is 0 Å². The Bertz CT molecular complexity index is 944. The zero-order valence-electron chi connectivity index (χ0n) is 19.1. The largest absolute Gasteiger partial charge is 0.381 e. The number of aryl methyl sites for hydroxylation is 1. The molecule has 2 saturated carbocycles. The van der Waals surface area contributed by atoms with Gasteiger partial charge in [0.05, 0.1) is 18.8 Å². The number of nitrogens with two attached hydrogens (primary N) is 1. The van der Waals surface area contributed by atoms with Crippen LogP contribution < -0.4 is 5.73 Å². The molecule has 6 heteroatoms. The Morgan fingerprint density at radius 3 is 2.66 bits per heavy atom. The monoisotopic (exact) mass is 437 g/mol. The van der Waals surface area contributed by atoms with Crippen molar-refractivity contribution in [2.75, 3.05) is 20.3 Å². The second-order valence-corrected chi connectivity index (χ2v) is 10.7. The summed E-state index contributed by atoms with van der Waals surface area (Å²) in [5.41, 5.74) is 9.11. The van der Waals surface area contributed by atoms with Crippen LogP contribution in [0.4, 0.5) is 0 Å². The van der Waals surface area contributed by atoms with E-state index in [-0.39, 0.29) is 23.5 Å². The highest BCUT2D eigenvalue weighted by molar-refractivity contribution is 6.08. The van der Waals surface area contributed by atoms with Crippen molar-refractivity contribution in [2.45, 2.75) is 82.0 Å². The van der Waals surface area contributed by atoms with Gasteiger partial charge in [-0.1, -0.05) is 31.0 Å². The highest BCUT2D eigenvalue weighted by atomic mass is 16.5. The summed E-state index contributed by atoms with van der Waals surface area (Å²) in [6, 6.07) is 6.85. The molecule has 1 aromatic carbocycles. The Hall–Kier alpha value is -1.92. The Labute approximate surface area is 190 Å². The molecule has 2 aliphatic heterocycles. The number of carbonyl (C=O) groups is 1. The van der Waals surface area contributed by atoms with Gasteiger partial charge < -0.3 is 15.2 Å². The van der Waals surface area contributed by atoms with Gasteiger partial charge >= 0.3 is 0 Å². The third-order valence-corrected chi connectivity index (χ3v) is 8.91. The number of hydrogen-bond donors (Lipinski definition) is 1. The molecule has 2 atom stereocenters. The van der Waals surface area contributed by atoms with Crippen LogP contribution in [0.5, 0.6) is 0 Å². The number of amides is 1. The first-order valence-electron chi connectivity index (χ1n) is 12.5. The molecule has 172 valence electrons. The quantitative estimate of drug-likeness (QED) is 0.741. The maximum Gasteiger partial charge on any atom is 0.262 e. The molecule has 1 amide bonds. The molecular formula is C26H35N3O3. The summed E-state index contributed by atoms with van der Waals surface area (Å²) in [6.45, 7) is 1.29. The molecule has 6 nitrogen and oxygen atoms in total. The predicted molar refractivity (Wildman–Crippen MR) is 122 cm³/mol. The fraction of sp³-hybridized carbons (Fsp3) is 0.692. The van der Waals surface area contributed by atoms with Crippen molar-refractivity contribution in [3.05, 3.63) is 34.9 Å². The predicted octanol–water partition coefficient (Wildman–Crippen LogP) is 3.30. The van der Waals surface area contributed by atoms with E-state index in [0.29, 0.717) is 12.5 Å². The zero-order chi connectivity index (χ0) is 21.9. The molecule has 2 N–H and O–H groups in total. The molecule has 3 aliphatic carbocycles. The number of benzene rings is 1. The van der Waals surface area contributed by atoms with Crippen molar-refractivity contribution < 1.29 is 14.3 Å². The van der Waals surface area contributed by atoms with Gasteiger partial charge in [-0.2, -0.15) is 0 Å². The molecule has 32 heavy (non-hydrogen) atoms. The van der Waals surface area contributed by atoms with E-state index in [1.54, 1.807) is 12.0 Å². The lowest BCUT2D eigenvalue weighted by molar-refractivity contribution is -0.141. The van der Waals surface area contributed by atoms with Gasteiger partial charge in [-0.25, -0.2) is 4.99 Å². The van der Waals surface area contributed by atoms with E-state index < -0.39 is 5.54 Å². The molecule has 0 bridgehead atoms. The van der Waals surface area contributed by atoms with E-state index in [1.807, 2.05) is 0 Å². The van der Waals surface area contributed by atoms with Gasteiger partial charge in [0.25, 0.3) is 5.91 Å². The number of methoxy groups -OCH3 is 1. The number of aliphatic imine (C=N–C) groups is 1. The summed E-state index contributed by atoms with van der Waals surface area (Å²) < 4.78 is 11.3. The van der Waals surface area contributed by atoms with Crippen LogP contribution >= 0.6 is 0 Å². The summed E-state index contributed by atoms with van der Waals surface area (Å²) in [5.74, 6) is 1.34. The van der Waals surface area contributed by atoms with Gasteiger partial charge in [0.15, 0.2) is 11.5 Å². The fourth-order valence-electron chi connectivity index (χ4n) is 6.65. The summed E-state index contributed by atoms with van der Waals surface area (Å²) in [6.07, 6.45) is 11.1. The topological polar surface area (TPSA) is 77.2 Å². The summed E-state index contributed by atoms with van der Waals surface area (Å²) >= 11 is 0. The Balaban J connectivity index is 1.39. The van der Waals surface area contributed by atoms with E-state index in [0.717, 1.165) is 63.0 Å². The second-order valence-electron chi connectivity index (χ2n) is 10.7. The van der Waals surface area contributed by atoms with Crippen LogP contribution in [0.1, 0.15) is 68.1 Å². The smallest absolute Gasteiger partial charge is 0.262 e. The standard InChI is InChI=1S/C26H35N3O3/c1-31-20-8-11-25(12-9-20)15-19-7-6-18(5-4-17-2-3-17)14-22(19)26(25)23(30)29(24(27)28-26)16-21-10-13-32-21/h6-7,14,17,20-21H,2-5,8-13,15-16H2,1H3,(H2,27,28)/t20?,21-,25?,26-/m1/s1. The lowest BCUT2D eigenvalue weighted by atomic mass is 9.61. The van der Waals surface area contributed by atoms with Gasteiger partial charge in [0.1, 0.15) is 0 Å². The van der Waals surface area contributed by atoms with Crippen molar-refractivity contribution >= 4 is 11.9 Å². The number of nitrogens with zero attached hydrogens (tertiary/aromatic N) is 2. The van der Waals surface area contributed by atoms with Gasteiger partial charge in [0, 0.05) is 19.1 Å². The van der Waals surface area contributed by atoms with E-state index in [4.69, 9.17) is 20.2 Å². The SMILES string of the molecule is COC1CCC2(CC1)Cc1ccc(CCC3CC3)cc1[C@]21N=C(N)N(C[C@H]2CCO2)C1=O. The molecule has 1 aromatic rings. The average Bonchev–Trinajstić information content (AvgIpc) is 3.52. The fourth-order valence-corrected chi connectivity index (χ4v) is 6.65. The minimum Gasteiger partial charge on any atom is -0.381 e. The number of fused-ring (bicyclic) bond motifs is 3. The molecule has 0 radical (unpaired) electrons. The van der Waals surface area contributed by atoms with Crippen molar-refractivity contribution in [3.63, 3.8) is 0 Å². The minimum absolute atomic E-state index is 0.0689. The Morgan fingerprint density at radius 2 is 2.00 bits per heavy atom. The maximum atomic E-state index is 14.2. The summed E-state index contributed by atoms with van der Waals surface area (Å²) in [7, 11) is 1.80. The second kappa shape index (κ2) is 7.56. The molecule has 2 spiro atoms. The molecule has 5 aliphatic rings. The first-order valence-corrected chi connectivity index (χ1v) is 12.5. The molecule has 6 rings (SSSR count). The van der Waals surface area contributed by atoms with Gasteiger partial charge in [-0.3, -0.25) is 9.69 Å². The van der Waals surface area contributed by atoms with Crippen LogP contribution in [0.15, 0.2) is 23.2 Å². The van der Waals surface area contributed by atoms with Crippen molar-refractivity contribution in [2.24, 2.45) is 22.1 Å². The molecule has 3 fully saturated rings. The molecular weight excluding hydrogens is 402 g/mol. The first-order chi connectivity index (χ1) is 15.5. The van der Waals surface area contributed by atoms with Crippen LogP contribution in [0.3, 0.4) is 0 Å². The van der Waals surface area contributed by atoms with Crippen LogP contribution in [0.25, 0.3) is 0 Å². The molecule has 0 unspecified atom stereocenters. The highest BCUT2D eigenvalue weighted by Gasteiger charge is 2.66. The van der Waals surface area contributed by atoms with Gasteiger partial charge in [-0.05, 0) is 74.0 Å². The minimum atomic E-state index is -0.884. The molecule has 0 aromatic heterocycles. The number of guanidine groups is 1. The van der Waals surface area contributed by atoms with Crippen LogP contribution in [0.2, 0.25) is 0 Å². The third kappa shape index (κ3) is 3.06. The third-order valence-electron chi connectivity index (χ3n) is 8.91. The molecule has 1 saturated heterocycles. The Kier molecular flexibility index (Phi) is 4.88. The van der Waals surface area contributed by atoms with Crippen LogP contribution in [0, 0.1) is 11.3 Å². The number of rotatable bonds is 6. The zero-order valence-corrected chi connectivity index (χ0v) is 19.1. The van der Waals surface area contributed by atoms with Crippen molar-refractivity contribution in [3.8, 4) is 0 Å². The van der Waals surface area contributed by atoms with E-state index >= 15 is 0 Å². The van der Waals surface area contributed by atoms with E-state index in [2.05, 4.69) is 18.2 Å². The summed E-state index contributed by atoms with van der Waals surface area (Å²) in [5, 5.41) is 0. The van der Waals surface area contributed by atoms with Crippen LogP contribution in [-0.4, -0.2) is 49.2 Å². The lowest BCUT2D eigenvalue weighted by Gasteiger charge is -2.45. The van der Waals surface area contributed by atoms with Crippen molar-refractivity contribution in [1.82, 2.24) is 4.90 Å². The number of hydrogen-bond acceptors (Lipinski definition) is 5. The van der Waals surface area contributed by atoms with Gasteiger partial charge in [-0.15, -0.1) is 0 Å². The Morgan fingerprint density at radius 1 is 1.22 bits per heavy atom. The molecule has 2 heterocycles. The van der Waals surface area contributed by atoms with Crippen molar-refractivity contribution in [1.29, 1.82) is 0 Å². The van der Waals surface area contributed by atoms with E-state index in [9.17, 15) is 4.79 Å². The average molecular weight is 438 g/mol. The first kappa shape index (κ1) is 20.7.